The van der Waals surface area contributed by atoms with Crippen LogP contribution in [0.15, 0.2) is 24.3 Å². The van der Waals surface area contributed by atoms with Crippen LogP contribution in [0.1, 0.15) is 55.5 Å². The molecule has 1 rings (SSSR count). The minimum Gasteiger partial charge on any atom is -0.339 e. The Balaban J connectivity index is 2.86. The normalized spacial score (nSPS) is 10.6. The fourth-order valence-electron chi connectivity index (χ4n) is 2.29. The van der Waals surface area contributed by atoms with E-state index in [4.69, 9.17) is 5.73 Å². The van der Waals surface area contributed by atoms with E-state index in [0.29, 0.717) is 6.54 Å². The highest BCUT2D eigenvalue weighted by Gasteiger charge is 2.17. The number of hydrogen-bond acceptors (Lipinski definition) is 2. The molecule has 0 radical (unpaired) electrons. The summed E-state index contributed by atoms with van der Waals surface area (Å²) in [7, 11) is 0. The van der Waals surface area contributed by atoms with E-state index in [1.165, 1.54) is 0 Å². The molecule has 1 aromatic rings. The average Bonchev–Trinajstić information content (AvgIpc) is 2.48. The first-order valence-electron chi connectivity index (χ1n) is 7.81. The highest BCUT2D eigenvalue weighted by molar-refractivity contribution is 5.95. The van der Waals surface area contributed by atoms with Gasteiger partial charge in [0.15, 0.2) is 0 Å². The van der Waals surface area contributed by atoms with Gasteiger partial charge in [-0.1, -0.05) is 44.9 Å². The molecule has 1 aromatic carbocycles. The molecule has 0 spiro atoms. The van der Waals surface area contributed by atoms with E-state index >= 15 is 0 Å². The van der Waals surface area contributed by atoms with Crippen molar-refractivity contribution in [3.05, 3.63) is 35.4 Å². The third kappa shape index (κ3) is 4.97. The molecule has 0 fully saturated rings. The van der Waals surface area contributed by atoms with E-state index in [1.54, 1.807) is 0 Å². The van der Waals surface area contributed by atoms with Crippen LogP contribution in [-0.4, -0.2) is 30.4 Å². The van der Waals surface area contributed by atoms with Gasteiger partial charge in [0.1, 0.15) is 0 Å². The van der Waals surface area contributed by atoms with E-state index in [9.17, 15) is 4.79 Å². The Bertz CT molecular complexity index is 396. The lowest BCUT2D eigenvalue weighted by molar-refractivity contribution is 0.0750. The Hall–Kier alpha value is -1.35. The lowest BCUT2D eigenvalue weighted by atomic mass is 10.0. The summed E-state index contributed by atoms with van der Waals surface area (Å²) in [6.07, 6.45) is 5.11. The van der Waals surface area contributed by atoms with Gasteiger partial charge in [-0.2, -0.15) is 0 Å². The number of unbranched alkanes of at least 4 members (excludes halogenated alkanes) is 2. The number of amides is 1. The standard InChI is InChI=1S/C17H28N2O/c1-3-5-13-19(14-6-4-2)17(20)16-10-8-7-9-15(16)11-12-18/h7-10H,3-6,11-14,18H2,1-2H3. The molecule has 0 unspecified atom stereocenters. The van der Waals surface area contributed by atoms with Crippen molar-refractivity contribution in [1.82, 2.24) is 4.90 Å². The molecule has 0 aliphatic carbocycles. The highest BCUT2D eigenvalue weighted by atomic mass is 16.2. The smallest absolute Gasteiger partial charge is 0.254 e. The van der Waals surface area contributed by atoms with Crippen LogP contribution in [0.4, 0.5) is 0 Å². The number of carbonyl (C=O) groups excluding carboxylic acids is 1. The first-order chi connectivity index (χ1) is 9.74. The van der Waals surface area contributed by atoms with Crippen LogP contribution in [0.5, 0.6) is 0 Å². The van der Waals surface area contributed by atoms with Crippen LogP contribution in [0.25, 0.3) is 0 Å². The molecule has 0 aromatic heterocycles. The molecule has 0 saturated carbocycles. The summed E-state index contributed by atoms with van der Waals surface area (Å²) in [5.41, 5.74) is 7.53. The molecule has 20 heavy (non-hydrogen) atoms. The molecule has 0 heterocycles. The number of carbonyl (C=O) groups is 1. The lowest BCUT2D eigenvalue weighted by Crippen LogP contribution is -2.33. The van der Waals surface area contributed by atoms with E-state index < -0.39 is 0 Å². The molecular formula is C17H28N2O. The molecule has 2 N–H and O–H groups in total. The first kappa shape index (κ1) is 16.7. The summed E-state index contributed by atoms with van der Waals surface area (Å²) in [4.78, 5) is 14.7. The van der Waals surface area contributed by atoms with Crippen LogP contribution >= 0.6 is 0 Å². The summed E-state index contributed by atoms with van der Waals surface area (Å²) in [5, 5.41) is 0. The van der Waals surface area contributed by atoms with Gasteiger partial charge in [-0.25, -0.2) is 0 Å². The van der Waals surface area contributed by atoms with Crippen molar-refractivity contribution in [2.24, 2.45) is 5.73 Å². The predicted octanol–water partition coefficient (Wildman–Crippen LogP) is 3.23. The van der Waals surface area contributed by atoms with E-state index in [1.807, 2.05) is 29.2 Å². The highest BCUT2D eigenvalue weighted by Crippen LogP contribution is 2.14. The molecule has 3 nitrogen and oxygen atoms in total. The van der Waals surface area contributed by atoms with Crippen molar-refractivity contribution in [3.63, 3.8) is 0 Å². The quantitative estimate of drug-likeness (QED) is 0.752. The second-order valence-corrected chi connectivity index (χ2v) is 5.20. The topological polar surface area (TPSA) is 46.3 Å². The van der Waals surface area contributed by atoms with E-state index in [-0.39, 0.29) is 5.91 Å². The summed E-state index contributed by atoms with van der Waals surface area (Å²) < 4.78 is 0. The number of hydrogen-bond donors (Lipinski definition) is 1. The van der Waals surface area contributed by atoms with Gasteiger partial charge in [-0.15, -0.1) is 0 Å². The van der Waals surface area contributed by atoms with Crippen molar-refractivity contribution in [2.45, 2.75) is 46.0 Å². The Kier molecular flexibility index (Phi) is 7.97. The number of rotatable bonds is 9. The van der Waals surface area contributed by atoms with Crippen LogP contribution in [-0.2, 0) is 6.42 Å². The zero-order chi connectivity index (χ0) is 14.8. The molecule has 3 heteroatoms. The second-order valence-electron chi connectivity index (χ2n) is 5.20. The Morgan fingerprint density at radius 1 is 1.10 bits per heavy atom. The average molecular weight is 276 g/mol. The molecule has 0 saturated heterocycles. The van der Waals surface area contributed by atoms with Gasteiger partial charge < -0.3 is 10.6 Å². The zero-order valence-corrected chi connectivity index (χ0v) is 12.9. The maximum atomic E-state index is 12.7. The summed E-state index contributed by atoms with van der Waals surface area (Å²) in [6, 6.07) is 7.85. The fraction of sp³-hybridized carbons (Fsp3) is 0.588. The van der Waals surface area contributed by atoms with Crippen molar-refractivity contribution in [3.8, 4) is 0 Å². The van der Waals surface area contributed by atoms with Crippen molar-refractivity contribution in [1.29, 1.82) is 0 Å². The number of benzene rings is 1. The van der Waals surface area contributed by atoms with Gasteiger partial charge in [0.2, 0.25) is 0 Å². The summed E-state index contributed by atoms with van der Waals surface area (Å²) in [6.45, 7) is 6.60. The Labute approximate surface area is 123 Å². The second kappa shape index (κ2) is 9.54. The fourth-order valence-corrected chi connectivity index (χ4v) is 2.29. The summed E-state index contributed by atoms with van der Waals surface area (Å²) in [5.74, 6) is 0.163. The van der Waals surface area contributed by atoms with Gasteiger partial charge >= 0.3 is 0 Å². The number of nitrogens with zero attached hydrogens (tertiary/aromatic N) is 1. The maximum absolute atomic E-state index is 12.7. The molecule has 0 bridgehead atoms. The molecule has 0 aliphatic heterocycles. The van der Waals surface area contributed by atoms with Gasteiger partial charge in [0, 0.05) is 18.7 Å². The van der Waals surface area contributed by atoms with Crippen LogP contribution in [0, 0.1) is 0 Å². The van der Waals surface area contributed by atoms with Gasteiger partial charge in [0.05, 0.1) is 0 Å². The summed E-state index contributed by atoms with van der Waals surface area (Å²) >= 11 is 0. The van der Waals surface area contributed by atoms with Crippen LogP contribution in [0.2, 0.25) is 0 Å². The SMILES string of the molecule is CCCCN(CCCC)C(=O)c1ccccc1CCN. The van der Waals surface area contributed by atoms with E-state index in [0.717, 1.165) is 56.3 Å². The zero-order valence-electron chi connectivity index (χ0n) is 12.9. The minimum absolute atomic E-state index is 0.163. The molecule has 0 atom stereocenters. The van der Waals surface area contributed by atoms with Crippen LogP contribution < -0.4 is 5.73 Å². The third-order valence-corrected chi connectivity index (χ3v) is 3.51. The maximum Gasteiger partial charge on any atom is 0.254 e. The molecule has 112 valence electrons. The van der Waals surface area contributed by atoms with E-state index in [2.05, 4.69) is 13.8 Å². The predicted molar refractivity (Wildman–Crippen MR) is 84.9 cm³/mol. The number of nitrogens with two attached hydrogens (primary N) is 1. The molecular weight excluding hydrogens is 248 g/mol. The monoisotopic (exact) mass is 276 g/mol. The van der Waals surface area contributed by atoms with Crippen molar-refractivity contribution in [2.75, 3.05) is 19.6 Å². The van der Waals surface area contributed by atoms with Gasteiger partial charge in [-0.3, -0.25) is 4.79 Å². The largest absolute Gasteiger partial charge is 0.339 e. The lowest BCUT2D eigenvalue weighted by Gasteiger charge is -2.23. The van der Waals surface area contributed by atoms with Gasteiger partial charge in [-0.05, 0) is 37.4 Å². The Morgan fingerprint density at radius 2 is 1.70 bits per heavy atom. The minimum atomic E-state index is 0.163. The Morgan fingerprint density at radius 3 is 2.25 bits per heavy atom. The van der Waals surface area contributed by atoms with Crippen LogP contribution in [0.3, 0.4) is 0 Å². The van der Waals surface area contributed by atoms with Crippen molar-refractivity contribution >= 4 is 5.91 Å². The van der Waals surface area contributed by atoms with Crippen molar-refractivity contribution < 1.29 is 4.79 Å². The third-order valence-electron chi connectivity index (χ3n) is 3.51. The first-order valence-corrected chi connectivity index (χ1v) is 7.81. The van der Waals surface area contributed by atoms with Gasteiger partial charge in [0.25, 0.3) is 5.91 Å². The molecule has 1 amide bonds. The molecule has 0 aliphatic rings.